The summed E-state index contributed by atoms with van der Waals surface area (Å²) in [6.45, 7) is 2.35. The van der Waals surface area contributed by atoms with E-state index in [0.717, 1.165) is 34.5 Å². The average molecular weight is 373 g/mol. The summed E-state index contributed by atoms with van der Waals surface area (Å²) >= 11 is 0. The molecule has 4 aromatic rings. The highest BCUT2D eigenvalue weighted by Gasteiger charge is 2.19. The number of carbonyl (C=O) groups excluding carboxylic acids is 1. The zero-order valence-corrected chi connectivity index (χ0v) is 16.1. The van der Waals surface area contributed by atoms with Crippen molar-refractivity contribution < 1.29 is 9.18 Å². The Morgan fingerprint density at radius 1 is 0.929 bits per heavy atom. The van der Waals surface area contributed by atoms with E-state index in [2.05, 4.69) is 6.92 Å². The smallest absolute Gasteiger partial charge is 0.195 e. The number of fused-ring (bicyclic) bond motifs is 2. The van der Waals surface area contributed by atoms with Crippen LogP contribution in [0.4, 0.5) is 4.39 Å². The number of hydrogen-bond donors (Lipinski definition) is 0. The number of alkyl halides is 1. The van der Waals surface area contributed by atoms with Crippen LogP contribution in [0.25, 0.3) is 21.7 Å². The van der Waals surface area contributed by atoms with Gasteiger partial charge in [-0.3, -0.25) is 4.79 Å². The first kappa shape index (κ1) is 18.4. The van der Waals surface area contributed by atoms with Crippen LogP contribution in [-0.4, -0.2) is 16.5 Å². The van der Waals surface area contributed by atoms with Crippen molar-refractivity contribution in [3.63, 3.8) is 0 Å². The lowest BCUT2D eigenvalue weighted by atomic mass is 9.97. The van der Waals surface area contributed by atoms with Gasteiger partial charge in [-0.15, -0.1) is 0 Å². The minimum Gasteiger partial charge on any atom is -0.344 e. The van der Waals surface area contributed by atoms with Crippen LogP contribution < -0.4 is 0 Å². The van der Waals surface area contributed by atoms with Crippen LogP contribution >= 0.6 is 0 Å². The third-order valence-electron chi connectivity index (χ3n) is 5.33. The summed E-state index contributed by atoms with van der Waals surface area (Å²) in [6.07, 6.45) is 3.33. The maximum absolute atomic E-state index is 14.4. The molecule has 4 rings (SSSR count). The van der Waals surface area contributed by atoms with Crippen molar-refractivity contribution >= 4 is 27.5 Å². The number of nitrogens with zero attached hydrogens (tertiary/aromatic N) is 1. The lowest BCUT2D eigenvalue weighted by molar-refractivity contribution is 0.104. The fourth-order valence-corrected chi connectivity index (χ4v) is 3.88. The number of benzene rings is 3. The van der Waals surface area contributed by atoms with Crippen LogP contribution in [0.2, 0.25) is 0 Å². The maximum Gasteiger partial charge on any atom is 0.195 e. The summed E-state index contributed by atoms with van der Waals surface area (Å²) < 4.78 is 16.3. The zero-order chi connectivity index (χ0) is 19.5. The lowest BCUT2D eigenvalue weighted by Crippen LogP contribution is -2.10. The Hall–Kier alpha value is -2.94. The van der Waals surface area contributed by atoms with E-state index < -0.39 is 6.17 Å². The van der Waals surface area contributed by atoms with Gasteiger partial charge in [-0.05, 0) is 23.3 Å². The summed E-state index contributed by atoms with van der Waals surface area (Å²) in [5.74, 6) is -0.0179. The van der Waals surface area contributed by atoms with Gasteiger partial charge in [0.1, 0.15) is 6.17 Å². The molecule has 0 saturated carbocycles. The first-order chi connectivity index (χ1) is 13.7. The predicted molar refractivity (Wildman–Crippen MR) is 114 cm³/mol. The van der Waals surface area contributed by atoms with Crippen molar-refractivity contribution in [2.75, 3.05) is 0 Å². The minimum absolute atomic E-state index is 0.0179. The molecule has 0 aliphatic carbocycles. The normalized spacial score (nSPS) is 12.5. The Morgan fingerprint density at radius 3 is 2.46 bits per heavy atom. The van der Waals surface area contributed by atoms with Crippen LogP contribution in [0, 0.1) is 0 Å². The molecule has 142 valence electrons. The highest BCUT2D eigenvalue weighted by molar-refractivity contribution is 6.21. The summed E-state index contributed by atoms with van der Waals surface area (Å²) in [5.41, 5.74) is 2.23. The fraction of sp³-hybridized carbons (Fsp3) is 0.240. The Bertz CT molecular complexity index is 1120. The molecule has 1 aromatic heterocycles. The molecule has 0 radical (unpaired) electrons. The molecule has 0 aliphatic rings. The molecule has 0 spiro atoms. The predicted octanol–water partition coefficient (Wildman–Crippen LogP) is 6.55. The average Bonchev–Trinajstić information content (AvgIpc) is 3.10. The van der Waals surface area contributed by atoms with E-state index in [1.807, 2.05) is 77.5 Å². The number of ketones is 1. The number of carbonyl (C=O) groups is 1. The van der Waals surface area contributed by atoms with E-state index in [1.54, 1.807) is 0 Å². The molecule has 0 saturated heterocycles. The molecule has 2 nitrogen and oxygen atoms in total. The molecule has 3 heteroatoms. The maximum atomic E-state index is 14.4. The molecule has 0 unspecified atom stereocenters. The molecular formula is C25H24FNO. The van der Waals surface area contributed by atoms with Crippen molar-refractivity contribution in [2.45, 2.75) is 38.9 Å². The number of halogens is 1. The topological polar surface area (TPSA) is 22.0 Å². The number of para-hydroxylation sites is 1. The molecule has 0 amide bonds. The van der Waals surface area contributed by atoms with Crippen LogP contribution in [0.15, 0.2) is 72.9 Å². The van der Waals surface area contributed by atoms with Crippen molar-refractivity contribution in [1.82, 2.24) is 4.57 Å². The summed E-state index contributed by atoms with van der Waals surface area (Å²) in [4.78, 5) is 13.4. The monoisotopic (exact) mass is 373 g/mol. The second-order valence-electron chi connectivity index (χ2n) is 7.31. The van der Waals surface area contributed by atoms with Gasteiger partial charge in [-0.1, -0.05) is 80.4 Å². The molecule has 1 heterocycles. The van der Waals surface area contributed by atoms with Crippen molar-refractivity contribution in [2.24, 2.45) is 0 Å². The summed E-state index contributed by atoms with van der Waals surface area (Å²) in [7, 11) is 0. The first-order valence-corrected chi connectivity index (χ1v) is 9.93. The standard InChI is InChI=1S/C25H24FNO/c1-2-3-11-19(26)16-27-17-23(21-13-6-7-15-24(21)27)25(28)22-14-8-10-18-9-4-5-12-20(18)22/h4-10,12-15,17,19H,2-3,11,16H2,1H3/t19-/m0/s1. The summed E-state index contributed by atoms with van der Waals surface area (Å²) in [6, 6.07) is 21.5. The third-order valence-corrected chi connectivity index (χ3v) is 5.33. The fourth-order valence-electron chi connectivity index (χ4n) is 3.88. The van der Waals surface area contributed by atoms with E-state index >= 15 is 0 Å². The van der Waals surface area contributed by atoms with Gasteiger partial charge < -0.3 is 4.57 Å². The minimum atomic E-state index is -0.906. The quantitative estimate of drug-likeness (QED) is 0.337. The van der Waals surface area contributed by atoms with Gasteiger partial charge in [-0.25, -0.2) is 4.39 Å². The highest BCUT2D eigenvalue weighted by Crippen LogP contribution is 2.28. The molecule has 1 atom stereocenters. The van der Waals surface area contributed by atoms with Gasteiger partial charge >= 0.3 is 0 Å². The third kappa shape index (κ3) is 3.45. The first-order valence-electron chi connectivity index (χ1n) is 9.93. The second-order valence-corrected chi connectivity index (χ2v) is 7.31. The van der Waals surface area contributed by atoms with Crippen LogP contribution in [0.1, 0.15) is 42.1 Å². The van der Waals surface area contributed by atoms with Crippen molar-refractivity contribution in [1.29, 1.82) is 0 Å². The molecule has 0 fully saturated rings. The molecular weight excluding hydrogens is 349 g/mol. The summed E-state index contributed by atoms with van der Waals surface area (Å²) in [5, 5.41) is 2.86. The van der Waals surface area contributed by atoms with Crippen molar-refractivity contribution in [3.05, 3.63) is 84.1 Å². The molecule has 0 N–H and O–H groups in total. The van der Waals surface area contributed by atoms with Gasteiger partial charge in [-0.2, -0.15) is 0 Å². The van der Waals surface area contributed by atoms with E-state index in [9.17, 15) is 9.18 Å². The Kier molecular flexibility index (Phi) is 5.25. The largest absolute Gasteiger partial charge is 0.344 e. The Balaban J connectivity index is 1.77. The molecule has 3 aromatic carbocycles. The van der Waals surface area contributed by atoms with E-state index in [-0.39, 0.29) is 12.3 Å². The number of aromatic nitrogens is 1. The molecule has 0 aliphatic heterocycles. The van der Waals surface area contributed by atoms with Crippen LogP contribution in [0.3, 0.4) is 0 Å². The van der Waals surface area contributed by atoms with Gasteiger partial charge in [0.25, 0.3) is 0 Å². The number of unbranched alkanes of at least 4 members (excludes halogenated alkanes) is 1. The van der Waals surface area contributed by atoms with Crippen molar-refractivity contribution in [3.8, 4) is 0 Å². The van der Waals surface area contributed by atoms with E-state index in [1.165, 1.54) is 0 Å². The van der Waals surface area contributed by atoms with Crippen LogP contribution in [-0.2, 0) is 6.54 Å². The number of hydrogen-bond acceptors (Lipinski definition) is 1. The van der Waals surface area contributed by atoms with Gasteiger partial charge in [0.2, 0.25) is 0 Å². The van der Waals surface area contributed by atoms with Gasteiger partial charge in [0, 0.05) is 28.2 Å². The Labute approximate surface area is 164 Å². The second kappa shape index (κ2) is 7.97. The van der Waals surface area contributed by atoms with E-state index in [0.29, 0.717) is 17.5 Å². The van der Waals surface area contributed by atoms with Gasteiger partial charge in [0.15, 0.2) is 5.78 Å². The zero-order valence-electron chi connectivity index (χ0n) is 16.1. The SMILES string of the molecule is CCCC[C@H](F)Cn1cc(C(=O)c2cccc3ccccc23)c2ccccc21. The van der Waals surface area contributed by atoms with E-state index in [4.69, 9.17) is 0 Å². The van der Waals surface area contributed by atoms with Crippen LogP contribution in [0.5, 0.6) is 0 Å². The lowest BCUT2D eigenvalue weighted by Gasteiger charge is -2.10. The Morgan fingerprint density at radius 2 is 1.64 bits per heavy atom. The molecule has 28 heavy (non-hydrogen) atoms. The van der Waals surface area contributed by atoms with Gasteiger partial charge in [0.05, 0.1) is 6.54 Å². The number of rotatable bonds is 7. The molecule has 0 bridgehead atoms. The highest BCUT2D eigenvalue weighted by atomic mass is 19.1.